The second-order valence-corrected chi connectivity index (χ2v) is 5.56. The van der Waals surface area contributed by atoms with Crippen molar-refractivity contribution in [2.75, 3.05) is 19.0 Å². The fourth-order valence-corrected chi connectivity index (χ4v) is 2.32. The maximum absolute atomic E-state index is 5.94. The Morgan fingerprint density at radius 3 is 2.63 bits per heavy atom. The average molecular weight is 341 g/mol. The van der Waals surface area contributed by atoms with Gasteiger partial charge < -0.3 is 9.64 Å². The highest BCUT2D eigenvalue weighted by atomic mass is 79.9. The summed E-state index contributed by atoms with van der Waals surface area (Å²) < 4.78 is 6.91. The standard InChI is InChI=1S/C15H15BrClNO/c1-18(2)13-4-3-5-14(9-13)19-15-7-6-12(16)8-11(15)10-17/h3-9H,10H2,1-2H3. The molecule has 0 spiro atoms. The van der Waals surface area contributed by atoms with Gasteiger partial charge in [0.2, 0.25) is 0 Å². The van der Waals surface area contributed by atoms with Crippen LogP contribution in [0.1, 0.15) is 5.56 Å². The molecule has 4 heteroatoms. The van der Waals surface area contributed by atoms with Crippen LogP contribution in [0.25, 0.3) is 0 Å². The third kappa shape index (κ3) is 3.64. The van der Waals surface area contributed by atoms with E-state index in [2.05, 4.69) is 15.9 Å². The molecule has 2 rings (SSSR count). The molecule has 0 atom stereocenters. The number of benzene rings is 2. The smallest absolute Gasteiger partial charge is 0.131 e. The summed E-state index contributed by atoms with van der Waals surface area (Å²) in [5.74, 6) is 2.01. The first-order valence-electron chi connectivity index (χ1n) is 5.90. The molecule has 2 aromatic rings. The van der Waals surface area contributed by atoms with Crippen molar-refractivity contribution in [2.24, 2.45) is 0 Å². The zero-order valence-electron chi connectivity index (χ0n) is 10.9. The van der Waals surface area contributed by atoms with Crippen LogP contribution in [-0.4, -0.2) is 14.1 Å². The van der Waals surface area contributed by atoms with Crippen molar-refractivity contribution in [2.45, 2.75) is 5.88 Å². The largest absolute Gasteiger partial charge is 0.457 e. The van der Waals surface area contributed by atoms with E-state index in [1.807, 2.05) is 61.5 Å². The molecule has 0 saturated carbocycles. The summed E-state index contributed by atoms with van der Waals surface area (Å²) in [5, 5.41) is 0. The van der Waals surface area contributed by atoms with Crippen LogP contribution < -0.4 is 9.64 Å². The minimum absolute atomic E-state index is 0.419. The first-order valence-corrected chi connectivity index (χ1v) is 7.22. The van der Waals surface area contributed by atoms with Crippen LogP contribution in [0.5, 0.6) is 11.5 Å². The third-order valence-corrected chi connectivity index (χ3v) is 3.51. The normalized spacial score (nSPS) is 10.3. The van der Waals surface area contributed by atoms with Crippen LogP contribution >= 0.6 is 27.5 Å². The lowest BCUT2D eigenvalue weighted by molar-refractivity contribution is 0.478. The van der Waals surface area contributed by atoms with Gasteiger partial charge in [-0.2, -0.15) is 0 Å². The molecule has 0 aromatic heterocycles. The highest BCUT2D eigenvalue weighted by Crippen LogP contribution is 2.30. The maximum atomic E-state index is 5.94. The van der Waals surface area contributed by atoms with Crippen LogP contribution in [0.3, 0.4) is 0 Å². The van der Waals surface area contributed by atoms with Crippen molar-refractivity contribution in [1.29, 1.82) is 0 Å². The predicted molar refractivity (Wildman–Crippen MR) is 84.5 cm³/mol. The number of ether oxygens (including phenoxy) is 1. The molecule has 100 valence electrons. The molecule has 19 heavy (non-hydrogen) atoms. The van der Waals surface area contributed by atoms with Gasteiger partial charge in [0, 0.05) is 35.9 Å². The van der Waals surface area contributed by atoms with Crippen molar-refractivity contribution in [3.05, 3.63) is 52.5 Å². The first-order chi connectivity index (χ1) is 9.10. The summed E-state index contributed by atoms with van der Waals surface area (Å²) in [5.41, 5.74) is 2.06. The van der Waals surface area contributed by atoms with Gasteiger partial charge >= 0.3 is 0 Å². The van der Waals surface area contributed by atoms with E-state index in [1.165, 1.54) is 0 Å². The van der Waals surface area contributed by atoms with Crippen molar-refractivity contribution in [3.8, 4) is 11.5 Å². The summed E-state index contributed by atoms with van der Waals surface area (Å²) >= 11 is 9.38. The summed E-state index contributed by atoms with van der Waals surface area (Å²) in [6.45, 7) is 0. The molecule has 0 saturated heterocycles. The van der Waals surface area contributed by atoms with Crippen LogP contribution in [0, 0.1) is 0 Å². The molecule has 0 amide bonds. The zero-order chi connectivity index (χ0) is 13.8. The molecule has 2 nitrogen and oxygen atoms in total. The minimum atomic E-state index is 0.419. The second kappa shape index (κ2) is 6.31. The Hall–Kier alpha value is -1.19. The molecule has 0 radical (unpaired) electrons. The van der Waals surface area contributed by atoms with Gasteiger partial charge in [0.05, 0.1) is 5.88 Å². The van der Waals surface area contributed by atoms with Crippen molar-refractivity contribution in [1.82, 2.24) is 0 Å². The van der Waals surface area contributed by atoms with Crippen LogP contribution in [0.15, 0.2) is 46.9 Å². The topological polar surface area (TPSA) is 12.5 Å². The van der Waals surface area contributed by atoms with E-state index < -0.39 is 0 Å². The van der Waals surface area contributed by atoms with Crippen molar-refractivity contribution in [3.63, 3.8) is 0 Å². The van der Waals surface area contributed by atoms with Crippen molar-refractivity contribution < 1.29 is 4.74 Å². The lowest BCUT2D eigenvalue weighted by Gasteiger charge is -2.15. The number of hydrogen-bond donors (Lipinski definition) is 0. The molecule has 0 aliphatic rings. The lowest BCUT2D eigenvalue weighted by atomic mass is 10.2. The van der Waals surface area contributed by atoms with E-state index in [9.17, 15) is 0 Å². The molecule has 0 bridgehead atoms. The van der Waals surface area contributed by atoms with Gasteiger partial charge in [-0.3, -0.25) is 0 Å². The number of anilines is 1. The molecule has 0 aliphatic heterocycles. The quantitative estimate of drug-likeness (QED) is 0.722. The van der Waals surface area contributed by atoms with Gasteiger partial charge in [-0.1, -0.05) is 22.0 Å². The number of halogens is 2. The molecule has 0 N–H and O–H groups in total. The number of hydrogen-bond acceptors (Lipinski definition) is 2. The molecular formula is C15H15BrClNO. The molecule has 0 fully saturated rings. The van der Waals surface area contributed by atoms with Gasteiger partial charge in [-0.25, -0.2) is 0 Å². The molecule has 0 unspecified atom stereocenters. The number of rotatable bonds is 4. The van der Waals surface area contributed by atoms with Crippen molar-refractivity contribution >= 4 is 33.2 Å². The third-order valence-electron chi connectivity index (χ3n) is 2.73. The average Bonchev–Trinajstić information content (AvgIpc) is 2.41. The van der Waals surface area contributed by atoms with E-state index in [4.69, 9.17) is 16.3 Å². The SMILES string of the molecule is CN(C)c1cccc(Oc2ccc(Br)cc2CCl)c1. The van der Waals surface area contributed by atoms with E-state index in [0.29, 0.717) is 5.88 Å². The molecule has 0 aliphatic carbocycles. The molecular weight excluding hydrogens is 326 g/mol. The van der Waals surface area contributed by atoms with Gasteiger partial charge in [0.1, 0.15) is 11.5 Å². The number of alkyl halides is 1. The van der Waals surface area contributed by atoms with Gasteiger partial charge in [0.15, 0.2) is 0 Å². The Bertz CT molecular complexity index is 572. The number of nitrogens with zero attached hydrogens (tertiary/aromatic N) is 1. The Kier molecular flexibility index (Phi) is 4.72. The highest BCUT2D eigenvalue weighted by molar-refractivity contribution is 9.10. The Morgan fingerprint density at radius 1 is 1.16 bits per heavy atom. The second-order valence-electron chi connectivity index (χ2n) is 4.38. The van der Waals surface area contributed by atoms with Gasteiger partial charge in [-0.15, -0.1) is 11.6 Å². The maximum Gasteiger partial charge on any atom is 0.131 e. The summed E-state index contributed by atoms with van der Waals surface area (Å²) in [7, 11) is 4.01. The Balaban J connectivity index is 2.28. The fraction of sp³-hybridized carbons (Fsp3) is 0.200. The summed E-state index contributed by atoms with van der Waals surface area (Å²) in [4.78, 5) is 2.04. The minimum Gasteiger partial charge on any atom is -0.457 e. The summed E-state index contributed by atoms with van der Waals surface area (Å²) in [6, 6.07) is 13.8. The lowest BCUT2D eigenvalue weighted by Crippen LogP contribution is -2.08. The van der Waals surface area contributed by atoms with Crippen LogP contribution in [-0.2, 0) is 5.88 Å². The van der Waals surface area contributed by atoms with Gasteiger partial charge in [-0.05, 0) is 30.3 Å². The van der Waals surface area contributed by atoms with Crippen LogP contribution in [0.4, 0.5) is 5.69 Å². The highest BCUT2D eigenvalue weighted by Gasteiger charge is 2.06. The Morgan fingerprint density at radius 2 is 1.95 bits per heavy atom. The van der Waals surface area contributed by atoms with Gasteiger partial charge in [0.25, 0.3) is 0 Å². The Labute approximate surface area is 127 Å². The van der Waals surface area contributed by atoms with E-state index in [-0.39, 0.29) is 0 Å². The molecule has 2 aromatic carbocycles. The fourth-order valence-electron chi connectivity index (χ4n) is 1.70. The first kappa shape index (κ1) is 14.2. The predicted octanol–water partition coefficient (Wildman–Crippen LogP) is 5.05. The van der Waals surface area contributed by atoms with E-state index in [1.54, 1.807) is 0 Å². The summed E-state index contributed by atoms with van der Waals surface area (Å²) in [6.07, 6.45) is 0. The van der Waals surface area contributed by atoms with Crippen LogP contribution in [0.2, 0.25) is 0 Å². The zero-order valence-corrected chi connectivity index (χ0v) is 13.2. The monoisotopic (exact) mass is 339 g/mol. The molecule has 0 heterocycles. The van der Waals surface area contributed by atoms with E-state index in [0.717, 1.165) is 27.2 Å². The van der Waals surface area contributed by atoms with E-state index >= 15 is 0 Å².